The normalized spacial score (nSPS) is 17.7. The largest absolute Gasteiger partial charge is 0.483 e. The zero-order chi connectivity index (χ0) is 13.0. The van der Waals surface area contributed by atoms with Crippen molar-refractivity contribution in [2.75, 3.05) is 19.7 Å². The Morgan fingerprint density at radius 3 is 2.95 bits per heavy atom. The topological polar surface area (TPSA) is 50.4 Å². The predicted molar refractivity (Wildman–Crippen MR) is 78.1 cm³/mol. The number of carbonyl (C=O) groups excluding carboxylic acids is 1. The number of carbonyl (C=O) groups is 1. The van der Waals surface area contributed by atoms with Crippen molar-refractivity contribution in [3.05, 3.63) is 29.3 Å². The molecule has 106 valence electrons. The fourth-order valence-corrected chi connectivity index (χ4v) is 2.05. The molecule has 0 spiro atoms. The number of rotatable bonds is 4. The highest BCUT2D eigenvalue weighted by molar-refractivity contribution is 5.85. The third-order valence-corrected chi connectivity index (χ3v) is 3.13. The van der Waals surface area contributed by atoms with Crippen LogP contribution in [0.1, 0.15) is 17.5 Å². The molecule has 0 radical (unpaired) electrons. The molecule has 1 atom stereocenters. The van der Waals surface area contributed by atoms with Gasteiger partial charge in [-0.3, -0.25) is 4.79 Å². The minimum atomic E-state index is -0.0513. The number of hydrogen-bond donors (Lipinski definition) is 2. The van der Waals surface area contributed by atoms with E-state index in [0.717, 1.165) is 36.4 Å². The molecular weight excluding hydrogens is 264 g/mol. The summed E-state index contributed by atoms with van der Waals surface area (Å²) < 4.78 is 5.56. The Morgan fingerprint density at radius 1 is 1.47 bits per heavy atom. The molecule has 1 aliphatic heterocycles. The highest BCUT2D eigenvalue weighted by atomic mass is 35.5. The summed E-state index contributed by atoms with van der Waals surface area (Å²) in [6.45, 7) is 5.91. The number of benzene rings is 1. The monoisotopic (exact) mass is 284 g/mol. The maximum atomic E-state index is 11.7. The van der Waals surface area contributed by atoms with Crippen LogP contribution in [0.2, 0.25) is 0 Å². The van der Waals surface area contributed by atoms with Gasteiger partial charge in [0.15, 0.2) is 6.61 Å². The Balaban J connectivity index is 0.00000180. The van der Waals surface area contributed by atoms with Gasteiger partial charge in [-0.15, -0.1) is 12.4 Å². The minimum Gasteiger partial charge on any atom is -0.483 e. The molecular formula is C14H21ClN2O2. The Labute approximate surface area is 120 Å². The lowest BCUT2D eigenvalue weighted by Crippen LogP contribution is -2.39. The SMILES string of the molecule is Cc1ccc(C)c(OCC(=O)NC2CCNC2)c1.Cl. The quantitative estimate of drug-likeness (QED) is 0.883. The predicted octanol–water partition coefficient (Wildman–Crippen LogP) is 1.58. The molecule has 0 saturated carbocycles. The molecule has 0 aliphatic carbocycles. The maximum Gasteiger partial charge on any atom is 0.258 e. The fraction of sp³-hybridized carbons (Fsp3) is 0.500. The molecule has 5 heteroatoms. The summed E-state index contributed by atoms with van der Waals surface area (Å²) in [5, 5.41) is 6.17. The summed E-state index contributed by atoms with van der Waals surface area (Å²) in [5.74, 6) is 0.735. The van der Waals surface area contributed by atoms with Gasteiger partial charge in [-0.05, 0) is 44.0 Å². The van der Waals surface area contributed by atoms with Gasteiger partial charge in [0.2, 0.25) is 0 Å². The van der Waals surface area contributed by atoms with Crippen LogP contribution in [0.4, 0.5) is 0 Å². The molecule has 19 heavy (non-hydrogen) atoms. The average Bonchev–Trinajstić information content (AvgIpc) is 2.83. The molecule has 1 aliphatic rings. The van der Waals surface area contributed by atoms with Gasteiger partial charge < -0.3 is 15.4 Å². The first-order valence-electron chi connectivity index (χ1n) is 6.35. The van der Waals surface area contributed by atoms with Crippen LogP contribution in [0, 0.1) is 13.8 Å². The summed E-state index contributed by atoms with van der Waals surface area (Å²) in [6.07, 6.45) is 0.995. The standard InChI is InChI=1S/C14H20N2O2.ClH/c1-10-3-4-11(2)13(7-10)18-9-14(17)16-12-5-6-15-8-12;/h3-4,7,12,15H,5-6,8-9H2,1-2H3,(H,16,17);1H. The van der Waals surface area contributed by atoms with E-state index in [1.165, 1.54) is 0 Å². The van der Waals surface area contributed by atoms with Gasteiger partial charge in [-0.25, -0.2) is 0 Å². The highest BCUT2D eigenvalue weighted by Crippen LogP contribution is 2.18. The number of nitrogens with one attached hydrogen (secondary N) is 2. The molecule has 0 aromatic heterocycles. The van der Waals surface area contributed by atoms with Crippen LogP contribution in [0.15, 0.2) is 18.2 Å². The number of halogens is 1. The molecule has 1 aromatic carbocycles. The number of amides is 1. The zero-order valence-corrected chi connectivity index (χ0v) is 12.2. The summed E-state index contributed by atoms with van der Waals surface area (Å²) >= 11 is 0. The molecule has 1 aromatic rings. The highest BCUT2D eigenvalue weighted by Gasteiger charge is 2.16. The molecule has 4 nitrogen and oxygen atoms in total. The van der Waals surface area contributed by atoms with Crippen LogP contribution >= 0.6 is 12.4 Å². The second kappa shape index (κ2) is 7.36. The van der Waals surface area contributed by atoms with Gasteiger partial charge in [-0.1, -0.05) is 12.1 Å². The third-order valence-electron chi connectivity index (χ3n) is 3.13. The van der Waals surface area contributed by atoms with Crippen molar-refractivity contribution in [2.45, 2.75) is 26.3 Å². The smallest absolute Gasteiger partial charge is 0.258 e. The molecule has 2 N–H and O–H groups in total. The van der Waals surface area contributed by atoms with E-state index < -0.39 is 0 Å². The fourth-order valence-electron chi connectivity index (χ4n) is 2.05. The van der Waals surface area contributed by atoms with E-state index in [2.05, 4.69) is 10.6 Å². The molecule has 1 fully saturated rings. The second-order valence-corrected chi connectivity index (χ2v) is 4.81. The number of hydrogen-bond acceptors (Lipinski definition) is 3. The van der Waals surface area contributed by atoms with E-state index in [0.29, 0.717) is 0 Å². The summed E-state index contributed by atoms with van der Waals surface area (Å²) in [7, 11) is 0. The van der Waals surface area contributed by atoms with Gasteiger partial charge in [-0.2, -0.15) is 0 Å². The molecule has 1 amide bonds. The van der Waals surface area contributed by atoms with Gasteiger partial charge >= 0.3 is 0 Å². The Bertz CT molecular complexity index is 431. The molecule has 0 bridgehead atoms. The lowest BCUT2D eigenvalue weighted by atomic mass is 10.1. The van der Waals surface area contributed by atoms with Crippen molar-refractivity contribution in [3.63, 3.8) is 0 Å². The van der Waals surface area contributed by atoms with Gasteiger partial charge in [0, 0.05) is 12.6 Å². The van der Waals surface area contributed by atoms with Crippen LogP contribution in [0.3, 0.4) is 0 Å². The van der Waals surface area contributed by atoms with E-state index in [1.54, 1.807) is 0 Å². The summed E-state index contributed by atoms with van der Waals surface area (Å²) in [5.41, 5.74) is 2.19. The van der Waals surface area contributed by atoms with E-state index in [-0.39, 0.29) is 31.0 Å². The Hall–Kier alpha value is -1.26. The number of ether oxygens (including phenoxy) is 1. The average molecular weight is 285 g/mol. The van der Waals surface area contributed by atoms with Crippen LogP contribution in [0.5, 0.6) is 5.75 Å². The van der Waals surface area contributed by atoms with Crippen LogP contribution in [-0.2, 0) is 4.79 Å². The van der Waals surface area contributed by atoms with Crippen molar-refractivity contribution in [2.24, 2.45) is 0 Å². The van der Waals surface area contributed by atoms with Crippen molar-refractivity contribution < 1.29 is 9.53 Å². The molecule has 2 rings (SSSR count). The van der Waals surface area contributed by atoms with E-state index in [9.17, 15) is 4.79 Å². The first-order valence-corrected chi connectivity index (χ1v) is 6.35. The molecule has 1 heterocycles. The van der Waals surface area contributed by atoms with Crippen molar-refractivity contribution in [1.29, 1.82) is 0 Å². The van der Waals surface area contributed by atoms with E-state index >= 15 is 0 Å². The zero-order valence-electron chi connectivity index (χ0n) is 11.4. The van der Waals surface area contributed by atoms with Crippen LogP contribution in [-0.4, -0.2) is 31.6 Å². The van der Waals surface area contributed by atoms with Crippen molar-refractivity contribution >= 4 is 18.3 Å². The summed E-state index contributed by atoms with van der Waals surface area (Å²) in [6, 6.07) is 6.25. The Kier molecular flexibility index (Phi) is 6.12. The van der Waals surface area contributed by atoms with Crippen LogP contribution < -0.4 is 15.4 Å². The first kappa shape index (κ1) is 15.8. The minimum absolute atomic E-state index is 0. The van der Waals surface area contributed by atoms with Crippen molar-refractivity contribution in [3.8, 4) is 5.75 Å². The lowest BCUT2D eigenvalue weighted by molar-refractivity contribution is -0.123. The summed E-state index contributed by atoms with van der Waals surface area (Å²) in [4.78, 5) is 11.7. The molecule has 1 unspecified atom stereocenters. The second-order valence-electron chi connectivity index (χ2n) is 4.81. The Morgan fingerprint density at radius 2 is 2.26 bits per heavy atom. The van der Waals surface area contributed by atoms with E-state index in [1.807, 2.05) is 32.0 Å². The van der Waals surface area contributed by atoms with E-state index in [4.69, 9.17) is 4.74 Å². The molecule has 1 saturated heterocycles. The third kappa shape index (κ3) is 4.73. The van der Waals surface area contributed by atoms with Gasteiger partial charge in [0.1, 0.15) is 5.75 Å². The van der Waals surface area contributed by atoms with Crippen LogP contribution in [0.25, 0.3) is 0 Å². The van der Waals surface area contributed by atoms with Crippen molar-refractivity contribution in [1.82, 2.24) is 10.6 Å². The number of aryl methyl sites for hydroxylation is 2. The maximum absolute atomic E-state index is 11.7. The van der Waals surface area contributed by atoms with Gasteiger partial charge in [0.25, 0.3) is 5.91 Å². The first-order chi connectivity index (χ1) is 8.65. The lowest BCUT2D eigenvalue weighted by Gasteiger charge is -2.13. The van der Waals surface area contributed by atoms with Gasteiger partial charge in [0.05, 0.1) is 0 Å².